The Balaban J connectivity index is 2.12. The summed E-state index contributed by atoms with van der Waals surface area (Å²) in [6.07, 6.45) is -1.01. The fourth-order valence-electron chi connectivity index (χ4n) is 3.08. The molecule has 1 fully saturated rings. The van der Waals surface area contributed by atoms with Gasteiger partial charge in [-0.2, -0.15) is 0 Å². The molecular weight excluding hydrogens is 344 g/mol. The van der Waals surface area contributed by atoms with Gasteiger partial charge in [0.2, 0.25) is 0 Å². The Bertz CT molecular complexity index is 579. The number of rotatable bonds is 6. The first-order valence-electron chi connectivity index (χ1n) is 9.57. The Kier molecular flexibility index (Phi) is 6.41. The highest BCUT2D eigenvalue weighted by Gasteiger charge is 2.47. The van der Waals surface area contributed by atoms with Crippen LogP contribution in [0.5, 0.6) is 0 Å². The van der Waals surface area contributed by atoms with Crippen molar-refractivity contribution in [2.45, 2.75) is 83.8 Å². The van der Waals surface area contributed by atoms with Gasteiger partial charge in [-0.3, -0.25) is 0 Å². The lowest BCUT2D eigenvalue weighted by Crippen LogP contribution is -2.45. The zero-order chi connectivity index (χ0) is 19.8. The average Bonchev–Trinajstić information content (AvgIpc) is 2.86. The molecule has 1 saturated heterocycles. The van der Waals surface area contributed by atoms with Crippen LogP contribution in [0.25, 0.3) is 0 Å². The lowest BCUT2D eigenvalue weighted by atomic mass is 9.90. The first kappa shape index (κ1) is 21.6. The normalized spacial score (nSPS) is 25.9. The molecule has 0 amide bonds. The molecule has 1 heterocycles. The molecule has 0 radical (unpaired) electrons. The summed E-state index contributed by atoms with van der Waals surface area (Å²) >= 11 is 0. The summed E-state index contributed by atoms with van der Waals surface area (Å²) in [5.74, 6) is -0.774. The van der Waals surface area contributed by atoms with Crippen LogP contribution in [0.3, 0.4) is 0 Å². The van der Waals surface area contributed by atoms with Crippen molar-refractivity contribution in [2.75, 3.05) is 6.61 Å². The maximum Gasteiger partial charge on any atom is 0.192 e. The molecular formula is C21H36O4Si. The molecule has 148 valence electrons. The molecule has 2 rings (SSSR count). The Morgan fingerprint density at radius 3 is 2.27 bits per heavy atom. The van der Waals surface area contributed by atoms with Gasteiger partial charge in [0, 0.05) is 5.92 Å². The lowest BCUT2D eigenvalue weighted by Gasteiger charge is -2.37. The zero-order valence-electron chi connectivity index (χ0n) is 17.6. The minimum Gasteiger partial charge on any atom is -0.414 e. The molecule has 1 aromatic carbocycles. The highest BCUT2D eigenvalue weighted by molar-refractivity contribution is 6.74. The number of aliphatic hydroxyl groups excluding tert-OH is 1. The first-order valence-corrected chi connectivity index (χ1v) is 12.5. The molecule has 4 atom stereocenters. The van der Waals surface area contributed by atoms with E-state index in [0.29, 0.717) is 6.61 Å². The van der Waals surface area contributed by atoms with Gasteiger partial charge in [0.15, 0.2) is 14.1 Å². The average molecular weight is 381 g/mol. The van der Waals surface area contributed by atoms with E-state index in [0.717, 1.165) is 5.56 Å². The molecule has 1 N–H and O–H groups in total. The van der Waals surface area contributed by atoms with Gasteiger partial charge < -0.3 is 19.0 Å². The van der Waals surface area contributed by atoms with Gasteiger partial charge in [0.05, 0.1) is 18.8 Å². The van der Waals surface area contributed by atoms with E-state index in [1.807, 2.05) is 51.1 Å². The van der Waals surface area contributed by atoms with Crippen molar-refractivity contribution in [3.05, 3.63) is 35.9 Å². The van der Waals surface area contributed by atoms with Gasteiger partial charge in [-0.15, -0.1) is 0 Å². The van der Waals surface area contributed by atoms with Crippen LogP contribution in [0.1, 0.15) is 53.2 Å². The van der Waals surface area contributed by atoms with Crippen LogP contribution in [0.2, 0.25) is 18.1 Å². The molecule has 4 nitrogen and oxygen atoms in total. The SMILES string of the molecule is C[C@H]([C@H]1OC(C)(C)O[C@H]1CO[Si](C)(C)C(C)(C)C)[C@@H](O)c1ccccc1. The molecule has 1 aromatic rings. The number of aliphatic hydroxyl groups is 1. The Hall–Kier alpha value is -0.723. The maximum atomic E-state index is 10.8. The Morgan fingerprint density at radius 2 is 1.73 bits per heavy atom. The van der Waals surface area contributed by atoms with Crippen molar-refractivity contribution in [3.63, 3.8) is 0 Å². The minimum atomic E-state index is -1.87. The lowest BCUT2D eigenvalue weighted by molar-refractivity contribution is -0.155. The van der Waals surface area contributed by atoms with Crippen LogP contribution in [-0.4, -0.2) is 38.0 Å². The topological polar surface area (TPSA) is 47.9 Å². The van der Waals surface area contributed by atoms with Crippen molar-refractivity contribution >= 4 is 8.32 Å². The van der Waals surface area contributed by atoms with Crippen molar-refractivity contribution in [1.82, 2.24) is 0 Å². The number of ether oxygens (including phenoxy) is 2. The van der Waals surface area contributed by atoms with E-state index in [2.05, 4.69) is 33.9 Å². The zero-order valence-corrected chi connectivity index (χ0v) is 18.6. The molecule has 5 heteroatoms. The highest BCUT2D eigenvalue weighted by atomic mass is 28.4. The smallest absolute Gasteiger partial charge is 0.192 e. The van der Waals surface area contributed by atoms with E-state index in [1.165, 1.54) is 0 Å². The summed E-state index contributed by atoms with van der Waals surface area (Å²) < 4.78 is 18.7. The van der Waals surface area contributed by atoms with Crippen LogP contribution < -0.4 is 0 Å². The van der Waals surface area contributed by atoms with Crippen molar-refractivity contribution in [3.8, 4) is 0 Å². The summed E-state index contributed by atoms with van der Waals surface area (Å²) in [4.78, 5) is 0. The van der Waals surface area contributed by atoms with Crippen LogP contribution in [-0.2, 0) is 13.9 Å². The molecule has 0 spiro atoms. The van der Waals surface area contributed by atoms with E-state index < -0.39 is 20.2 Å². The van der Waals surface area contributed by atoms with Gasteiger partial charge in [-0.25, -0.2) is 0 Å². The van der Waals surface area contributed by atoms with E-state index in [1.54, 1.807) is 0 Å². The molecule has 0 unspecified atom stereocenters. The summed E-state index contributed by atoms with van der Waals surface area (Å²) in [6, 6.07) is 9.74. The summed E-state index contributed by atoms with van der Waals surface area (Å²) in [5.41, 5.74) is 0.900. The van der Waals surface area contributed by atoms with Crippen LogP contribution in [0.15, 0.2) is 30.3 Å². The predicted octanol–water partition coefficient (Wildman–Crippen LogP) is 4.90. The van der Waals surface area contributed by atoms with Gasteiger partial charge in [-0.05, 0) is 37.5 Å². The molecule has 1 aliphatic heterocycles. The van der Waals surface area contributed by atoms with Crippen molar-refractivity contribution in [1.29, 1.82) is 0 Å². The second-order valence-corrected chi connectivity index (χ2v) is 14.2. The maximum absolute atomic E-state index is 10.8. The Morgan fingerprint density at radius 1 is 1.15 bits per heavy atom. The van der Waals surface area contributed by atoms with Gasteiger partial charge in [0.25, 0.3) is 0 Å². The monoisotopic (exact) mass is 380 g/mol. The second-order valence-electron chi connectivity index (χ2n) is 9.42. The minimum absolute atomic E-state index is 0.104. The highest BCUT2D eigenvalue weighted by Crippen LogP contribution is 2.40. The molecule has 1 aliphatic rings. The van der Waals surface area contributed by atoms with Crippen molar-refractivity contribution < 1.29 is 19.0 Å². The third-order valence-electron chi connectivity index (χ3n) is 5.79. The summed E-state index contributed by atoms with van der Waals surface area (Å²) in [7, 11) is -1.87. The quantitative estimate of drug-likeness (QED) is 0.713. The molecule has 0 bridgehead atoms. The van der Waals surface area contributed by atoms with E-state index >= 15 is 0 Å². The second kappa shape index (κ2) is 7.72. The fraction of sp³-hybridized carbons (Fsp3) is 0.714. The Labute approximate surface area is 160 Å². The fourth-order valence-corrected chi connectivity index (χ4v) is 4.09. The standard InChI is InChI=1S/C21H36O4Si/c1-15(18(22)16-12-10-9-11-13-16)19-17(24-21(5,6)25-19)14-23-26(7,8)20(2,3)4/h9-13,15,17-19,22H,14H2,1-8H3/t15-,17-,18+,19+/m0/s1. The largest absolute Gasteiger partial charge is 0.414 e. The summed E-state index contributed by atoms with van der Waals surface area (Å²) in [5, 5.41) is 11.0. The van der Waals surface area contributed by atoms with Gasteiger partial charge in [-0.1, -0.05) is 58.0 Å². The molecule has 0 saturated carbocycles. The van der Waals surface area contributed by atoms with Crippen LogP contribution in [0.4, 0.5) is 0 Å². The molecule has 0 aromatic heterocycles. The molecule has 26 heavy (non-hydrogen) atoms. The third-order valence-corrected chi connectivity index (χ3v) is 10.3. The van der Waals surface area contributed by atoms with Crippen LogP contribution >= 0.6 is 0 Å². The number of benzene rings is 1. The number of hydrogen-bond acceptors (Lipinski definition) is 4. The first-order chi connectivity index (χ1) is 11.8. The third kappa shape index (κ3) is 4.96. The van der Waals surface area contributed by atoms with Crippen LogP contribution in [0, 0.1) is 5.92 Å². The summed E-state index contributed by atoms with van der Waals surface area (Å²) in [6.45, 7) is 17.5. The van der Waals surface area contributed by atoms with Crippen molar-refractivity contribution in [2.24, 2.45) is 5.92 Å². The van der Waals surface area contributed by atoms with E-state index in [-0.39, 0.29) is 23.2 Å². The molecule has 0 aliphatic carbocycles. The van der Waals surface area contributed by atoms with Gasteiger partial charge in [0.1, 0.15) is 6.10 Å². The van der Waals surface area contributed by atoms with E-state index in [4.69, 9.17) is 13.9 Å². The number of hydrogen-bond donors (Lipinski definition) is 1. The predicted molar refractivity (Wildman–Crippen MR) is 108 cm³/mol. The van der Waals surface area contributed by atoms with Gasteiger partial charge >= 0.3 is 0 Å². The van der Waals surface area contributed by atoms with E-state index in [9.17, 15) is 5.11 Å².